The third kappa shape index (κ3) is 6.75. The van der Waals surface area contributed by atoms with Crippen LogP contribution in [0, 0.1) is 0 Å². The van der Waals surface area contributed by atoms with Crippen molar-refractivity contribution < 1.29 is 0 Å². The van der Waals surface area contributed by atoms with Crippen LogP contribution in [0.4, 0.5) is 0 Å². The summed E-state index contributed by atoms with van der Waals surface area (Å²) in [6, 6.07) is 0. The molecule has 0 saturated heterocycles. The van der Waals surface area contributed by atoms with Crippen LogP contribution in [0.25, 0.3) is 0 Å². The van der Waals surface area contributed by atoms with E-state index in [-0.39, 0.29) is 0 Å². The zero-order valence-corrected chi connectivity index (χ0v) is 19.1. The first kappa shape index (κ1) is 21.7. The monoisotopic (exact) mass is 381 g/mol. The maximum Gasteiger partial charge on any atom is 0.252 e. The fourth-order valence-corrected chi connectivity index (χ4v) is 18.3. The van der Waals surface area contributed by atoms with Crippen LogP contribution in [0.5, 0.6) is 0 Å². The summed E-state index contributed by atoms with van der Waals surface area (Å²) in [6.07, 6.45) is 6.19. The smallest absolute Gasteiger partial charge is 0.252 e. The van der Waals surface area contributed by atoms with Gasteiger partial charge in [0, 0.05) is 5.67 Å². The van der Waals surface area contributed by atoms with E-state index in [4.69, 9.17) is 22.2 Å². The number of hydrogen-bond acceptors (Lipinski definition) is 1. The second-order valence-corrected chi connectivity index (χ2v) is 20.6. The van der Waals surface area contributed by atoms with Gasteiger partial charge in [0.1, 0.15) is 16.5 Å². The molecule has 0 aliphatic heterocycles. The minimum Gasteiger partial charge on any atom is -0.337 e. The Balaban J connectivity index is 5.31. The Morgan fingerprint density at radius 1 is 1.00 bits per heavy atom. The average molecular weight is 383 g/mol. The summed E-state index contributed by atoms with van der Waals surface area (Å²) in [5.41, 5.74) is 4.67. The minimum atomic E-state index is -1.78. The highest BCUT2D eigenvalue weighted by atomic mass is 35.7. The third-order valence-corrected chi connectivity index (χ3v) is 16.4. The van der Waals surface area contributed by atoms with Gasteiger partial charge in [0.25, 0.3) is 7.42 Å². The Labute approximate surface area is 145 Å². The van der Waals surface area contributed by atoms with Crippen molar-refractivity contribution in [3.63, 3.8) is 0 Å². The van der Waals surface area contributed by atoms with Gasteiger partial charge in [0.15, 0.2) is 0 Å². The van der Waals surface area contributed by atoms with E-state index in [9.17, 15) is 0 Å². The number of hydrogen-bond donors (Lipinski definition) is 0. The van der Waals surface area contributed by atoms with Gasteiger partial charge < -0.3 is 4.23 Å². The molecule has 124 valence electrons. The van der Waals surface area contributed by atoms with Crippen molar-refractivity contribution in [1.82, 2.24) is 4.23 Å². The van der Waals surface area contributed by atoms with Crippen molar-refractivity contribution in [1.29, 1.82) is 0 Å². The first-order valence-electron chi connectivity index (χ1n) is 7.98. The van der Waals surface area contributed by atoms with Gasteiger partial charge in [-0.3, -0.25) is 0 Å². The molecule has 0 aromatic carbocycles. The topological polar surface area (TPSA) is 3.24 Å². The SMILES string of the molecule is C=C[Si](C)(C)N(C(CCCCCC)[SiH](Cl)Cl)[Si](C)(C)C=C. The molecule has 0 spiro atoms. The molecule has 0 aromatic rings. The van der Waals surface area contributed by atoms with Gasteiger partial charge in [0.05, 0.1) is 0 Å². The zero-order valence-electron chi connectivity index (χ0n) is 14.5. The molecule has 0 saturated carbocycles. The maximum absolute atomic E-state index is 6.52. The van der Waals surface area contributed by atoms with Gasteiger partial charge in [-0.1, -0.05) is 70.2 Å². The van der Waals surface area contributed by atoms with Crippen LogP contribution in [-0.4, -0.2) is 33.8 Å². The van der Waals surface area contributed by atoms with E-state index in [2.05, 4.69) is 61.9 Å². The van der Waals surface area contributed by atoms with Gasteiger partial charge in [-0.15, -0.1) is 35.3 Å². The lowest BCUT2D eigenvalue weighted by atomic mass is 10.1. The summed E-state index contributed by atoms with van der Waals surface area (Å²) in [5, 5.41) is 0. The van der Waals surface area contributed by atoms with Crippen LogP contribution in [0.3, 0.4) is 0 Å². The Hall–Kier alpha value is 0.671. The molecule has 1 nitrogen and oxygen atoms in total. The van der Waals surface area contributed by atoms with Crippen LogP contribution in [0.1, 0.15) is 39.0 Å². The summed E-state index contributed by atoms with van der Waals surface area (Å²) in [7, 11) is -5.19. The quantitative estimate of drug-likeness (QED) is 0.251. The standard InChI is InChI=1S/C15H33Cl2NSi3/c1-8-11-12-13-14-15(19(16)17)18(20(4,5)9-2)21(6,7)10-3/h9-10,15,19H,2-3,8,11-14H2,1,4-7H3. The summed E-state index contributed by atoms with van der Waals surface area (Å²) in [6.45, 7) is 19.8. The van der Waals surface area contributed by atoms with Gasteiger partial charge in [-0.2, -0.15) is 0 Å². The second-order valence-electron chi connectivity index (χ2n) is 6.84. The van der Waals surface area contributed by atoms with Crippen LogP contribution >= 0.6 is 22.2 Å². The molecular weight excluding hydrogens is 349 g/mol. The number of halogens is 2. The molecular formula is C15H33Cl2NSi3. The van der Waals surface area contributed by atoms with Crippen LogP contribution in [0.2, 0.25) is 26.2 Å². The molecule has 0 aromatic heterocycles. The van der Waals surface area contributed by atoms with Crippen LogP contribution in [0.15, 0.2) is 24.6 Å². The molecule has 1 unspecified atom stereocenters. The van der Waals surface area contributed by atoms with E-state index in [1.807, 2.05) is 0 Å². The van der Waals surface area contributed by atoms with E-state index in [0.29, 0.717) is 5.67 Å². The summed E-state index contributed by atoms with van der Waals surface area (Å²) in [4.78, 5) is 0. The zero-order chi connectivity index (χ0) is 16.7. The first-order valence-corrected chi connectivity index (χ1v) is 18.2. The minimum absolute atomic E-state index is 0.351. The number of unbranched alkanes of at least 4 members (excludes halogenated alkanes) is 3. The highest BCUT2D eigenvalue weighted by Crippen LogP contribution is 2.30. The Bertz CT molecular complexity index is 313. The largest absolute Gasteiger partial charge is 0.337 e. The molecule has 21 heavy (non-hydrogen) atoms. The van der Waals surface area contributed by atoms with E-state index >= 15 is 0 Å². The molecule has 0 rings (SSSR count). The van der Waals surface area contributed by atoms with Crippen molar-refractivity contribution in [2.75, 3.05) is 0 Å². The lowest BCUT2D eigenvalue weighted by Crippen LogP contribution is -2.66. The molecule has 0 fully saturated rings. The summed E-state index contributed by atoms with van der Waals surface area (Å²) < 4.78 is 2.70. The van der Waals surface area contributed by atoms with Crippen molar-refractivity contribution in [3.05, 3.63) is 24.6 Å². The molecule has 0 aliphatic carbocycles. The first-order chi connectivity index (χ1) is 9.64. The average Bonchev–Trinajstić information content (AvgIpc) is 2.41. The summed E-state index contributed by atoms with van der Waals surface area (Å²) >= 11 is 13.0. The number of nitrogens with zero attached hydrogens (tertiary/aromatic N) is 1. The van der Waals surface area contributed by atoms with E-state index < -0.39 is 23.9 Å². The molecule has 1 atom stereocenters. The maximum atomic E-state index is 6.52. The van der Waals surface area contributed by atoms with E-state index in [1.54, 1.807) is 0 Å². The van der Waals surface area contributed by atoms with Crippen LogP contribution < -0.4 is 0 Å². The molecule has 6 heteroatoms. The molecule has 0 bridgehead atoms. The van der Waals surface area contributed by atoms with E-state index in [0.717, 1.165) is 6.42 Å². The van der Waals surface area contributed by atoms with Crippen molar-refractivity contribution in [2.45, 2.75) is 70.9 Å². The fourth-order valence-electron chi connectivity index (χ4n) is 2.94. The molecule has 0 amide bonds. The Kier molecular flexibility index (Phi) is 10.0. The predicted molar refractivity (Wildman–Crippen MR) is 109 cm³/mol. The van der Waals surface area contributed by atoms with Gasteiger partial charge in [-0.05, 0) is 6.42 Å². The van der Waals surface area contributed by atoms with E-state index in [1.165, 1.54) is 25.7 Å². The van der Waals surface area contributed by atoms with Crippen LogP contribution in [-0.2, 0) is 0 Å². The predicted octanol–water partition coefficient (Wildman–Crippen LogP) is 5.73. The molecule has 0 radical (unpaired) electrons. The highest BCUT2D eigenvalue weighted by Gasteiger charge is 2.43. The van der Waals surface area contributed by atoms with Crippen molar-refractivity contribution in [3.8, 4) is 0 Å². The highest BCUT2D eigenvalue weighted by molar-refractivity contribution is 7.34. The molecule has 0 N–H and O–H groups in total. The molecule has 0 heterocycles. The van der Waals surface area contributed by atoms with Gasteiger partial charge in [-0.25, -0.2) is 0 Å². The fraction of sp³-hybridized carbons (Fsp3) is 0.733. The van der Waals surface area contributed by atoms with Gasteiger partial charge in [0.2, 0.25) is 0 Å². The lowest BCUT2D eigenvalue weighted by molar-refractivity contribution is 0.497. The normalized spacial score (nSPS) is 14.5. The van der Waals surface area contributed by atoms with Crippen molar-refractivity contribution in [2.24, 2.45) is 0 Å². The second kappa shape index (κ2) is 9.73. The van der Waals surface area contributed by atoms with Crippen molar-refractivity contribution >= 4 is 46.0 Å². The van der Waals surface area contributed by atoms with Gasteiger partial charge >= 0.3 is 0 Å². The third-order valence-electron chi connectivity index (χ3n) is 4.22. The Morgan fingerprint density at radius 2 is 1.48 bits per heavy atom. The Morgan fingerprint density at radius 3 is 1.81 bits per heavy atom. The molecule has 0 aliphatic rings. The lowest BCUT2D eigenvalue weighted by Gasteiger charge is -2.49. The summed E-state index contributed by atoms with van der Waals surface area (Å²) in [5.74, 6) is 0. The number of rotatable bonds is 11.